The van der Waals surface area contributed by atoms with E-state index in [9.17, 15) is 0 Å². The van der Waals surface area contributed by atoms with Crippen molar-refractivity contribution in [2.75, 3.05) is 50.6 Å². The number of para-hydroxylation sites is 2. The summed E-state index contributed by atoms with van der Waals surface area (Å²) in [7, 11) is 3.35. The number of aromatic nitrogens is 2. The number of hydrogen-bond acceptors (Lipinski definition) is 8. The smallest absolute Gasteiger partial charge is 0.209 e. The van der Waals surface area contributed by atoms with Crippen molar-refractivity contribution in [1.29, 1.82) is 0 Å². The largest absolute Gasteiger partial charge is 0.497 e. The van der Waals surface area contributed by atoms with E-state index in [0.717, 1.165) is 52.5 Å². The zero-order chi connectivity index (χ0) is 20.9. The first-order chi connectivity index (χ1) is 14.7. The fourth-order valence-corrected chi connectivity index (χ4v) is 4.44. The second-order valence-electron chi connectivity index (χ2n) is 6.94. The summed E-state index contributed by atoms with van der Waals surface area (Å²) in [5, 5.41) is 8.75. The van der Waals surface area contributed by atoms with Crippen LogP contribution in [0, 0.1) is 3.95 Å². The molecule has 0 amide bonds. The average Bonchev–Trinajstić information content (AvgIpc) is 3.13. The van der Waals surface area contributed by atoms with Crippen LogP contribution in [0.2, 0.25) is 0 Å². The highest BCUT2D eigenvalue weighted by Crippen LogP contribution is 2.28. The summed E-state index contributed by atoms with van der Waals surface area (Å²) >= 11 is 7.01. The van der Waals surface area contributed by atoms with Gasteiger partial charge in [0.15, 0.2) is 3.95 Å². The normalized spacial score (nSPS) is 14.5. The van der Waals surface area contributed by atoms with E-state index in [1.54, 1.807) is 14.2 Å². The lowest BCUT2D eigenvalue weighted by Gasteiger charge is -2.35. The Bertz CT molecular complexity index is 1030. The van der Waals surface area contributed by atoms with Crippen molar-refractivity contribution in [3.8, 4) is 11.5 Å². The second-order valence-corrected chi connectivity index (χ2v) is 8.57. The lowest BCUT2D eigenvalue weighted by molar-refractivity contribution is 0.195. The van der Waals surface area contributed by atoms with Gasteiger partial charge in [0.1, 0.15) is 11.5 Å². The molecule has 1 N–H and O–H groups in total. The first kappa shape index (κ1) is 20.6. The maximum absolute atomic E-state index is 5.54. The fourth-order valence-electron chi connectivity index (χ4n) is 3.44. The van der Waals surface area contributed by atoms with Crippen molar-refractivity contribution in [3.63, 3.8) is 0 Å². The minimum Gasteiger partial charge on any atom is -0.497 e. The van der Waals surface area contributed by atoms with Gasteiger partial charge in [-0.2, -0.15) is 0 Å². The van der Waals surface area contributed by atoms with Gasteiger partial charge in [0.2, 0.25) is 5.13 Å². The summed E-state index contributed by atoms with van der Waals surface area (Å²) in [4.78, 5) is 4.77. The Morgan fingerprint density at radius 1 is 1.00 bits per heavy atom. The maximum atomic E-state index is 5.54. The van der Waals surface area contributed by atoms with Crippen LogP contribution in [0.1, 0.15) is 0 Å². The Kier molecular flexibility index (Phi) is 6.51. The van der Waals surface area contributed by atoms with Crippen molar-refractivity contribution >= 4 is 40.1 Å². The molecule has 0 aliphatic carbocycles. The number of rotatable bonds is 7. The second kappa shape index (κ2) is 9.46. The molecule has 30 heavy (non-hydrogen) atoms. The van der Waals surface area contributed by atoms with Gasteiger partial charge in [-0.15, -0.1) is 5.10 Å². The van der Waals surface area contributed by atoms with Gasteiger partial charge >= 0.3 is 0 Å². The van der Waals surface area contributed by atoms with E-state index in [1.165, 1.54) is 17.0 Å². The molecule has 158 valence electrons. The van der Waals surface area contributed by atoms with Gasteiger partial charge in [0, 0.05) is 31.9 Å². The lowest BCUT2D eigenvalue weighted by atomic mass is 10.2. The molecule has 9 heteroatoms. The SMILES string of the molecule is COc1ccc(N2CCN(Cn3nc(Nc4ccccc4OC)sc3=S)CC2)cc1. The summed E-state index contributed by atoms with van der Waals surface area (Å²) in [6, 6.07) is 16.0. The number of anilines is 3. The molecular weight excluding hydrogens is 418 g/mol. The molecule has 0 saturated carbocycles. The molecule has 0 atom stereocenters. The van der Waals surface area contributed by atoms with E-state index in [2.05, 4.69) is 32.3 Å². The number of ether oxygens (including phenoxy) is 2. The Hall–Kier alpha value is -2.62. The Morgan fingerprint density at radius 2 is 1.73 bits per heavy atom. The van der Waals surface area contributed by atoms with Crippen molar-refractivity contribution in [3.05, 3.63) is 52.5 Å². The fraction of sp³-hybridized carbons (Fsp3) is 0.333. The highest BCUT2D eigenvalue weighted by atomic mass is 32.1. The molecule has 0 radical (unpaired) electrons. The van der Waals surface area contributed by atoms with Gasteiger partial charge in [-0.25, -0.2) is 4.68 Å². The van der Waals surface area contributed by atoms with Crippen molar-refractivity contribution in [2.24, 2.45) is 0 Å². The van der Waals surface area contributed by atoms with Gasteiger partial charge < -0.3 is 19.7 Å². The van der Waals surface area contributed by atoms with Crippen LogP contribution in [0.5, 0.6) is 11.5 Å². The molecule has 1 fully saturated rings. The Balaban J connectivity index is 1.35. The standard InChI is InChI=1S/C21H25N5O2S2/c1-27-17-9-7-16(8-10-17)25-13-11-24(12-14-25)15-26-21(29)30-20(23-26)22-18-5-3-4-6-19(18)28-2/h3-10H,11-15H2,1-2H3,(H,22,23). The van der Waals surface area contributed by atoms with Crippen molar-refractivity contribution in [2.45, 2.75) is 6.67 Å². The molecule has 1 saturated heterocycles. The van der Waals surface area contributed by atoms with Gasteiger partial charge in [0.25, 0.3) is 0 Å². The van der Waals surface area contributed by atoms with Crippen LogP contribution in [0.15, 0.2) is 48.5 Å². The van der Waals surface area contributed by atoms with Crippen LogP contribution < -0.4 is 19.7 Å². The van der Waals surface area contributed by atoms with Crippen molar-refractivity contribution in [1.82, 2.24) is 14.7 Å². The molecule has 1 aliphatic heterocycles. The van der Waals surface area contributed by atoms with Crippen LogP contribution in [0.3, 0.4) is 0 Å². The van der Waals surface area contributed by atoms with Crippen molar-refractivity contribution < 1.29 is 9.47 Å². The third-order valence-corrected chi connectivity index (χ3v) is 6.32. The molecule has 3 aromatic rings. The zero-order valence-corrected chi connectivity index (χ0v) is 18.7. The molecule has 1 aromatic heterocycles. The van der Waals surface area contributed by atoms with Crippen LogP contribution >= 0.6 is 23.6 Å². The van der Waals surface area contributed by atoms with Crippen LogP contribution in [0.25, 0.3) is 0 Å². The maximum Gasteiger partial charge on any atom is 0.209 e. The molecule has 0 bridgehead atoms. The van der Waals surface area contributed by atoms with E-state index in [4.69, 9.17) is 21.7 Å². The zero-order valence-electron chi connectivity index (χ0n) is 17.1. The predicted octanol–water partition coefficient (Wildman–Crippen LogP) is 4.21. The first-order valence-electron chi connectivity index (χ1n) is 9.75. The summed E-state index contributed by atoms with van der Waals surface area (Å²) < 4.78 is 13.3. The highest BCUT2D eigenvalue weighted by molar-refractivity contribution is 7.73. The number of methoxy groups -OCH3 is 2. The minimum atomic E-state index is 0.694. The Labute approximate surface area is 185 Å². The third kappa shape index (κ3) is 4.75. The average molecular weight is 444 g/mol. The molecule has 0 unspecified atom stereocenters. The number of benzene rings is 2. The van der Waals surface area contributed by atoms with E-state index in [-0.39, 0.29) is 0 Å². The van der Waals surface area contributed by atoms with Gasteiger partial charge in [-0.05, 0) is 48.6 Å². The molecule has 4 rings (SSSR count). The summed E-state index contributed by atoms with van der Waals surface area (Å²) in [6.07, 6.45) is 0. The molecule has 2 aromatic carbocycles. The van der Waals surface area contributed by atoms with Crippen LogP contribution in [-0.4, -0.2) is 55.1 Å². The van der Waals surface area contributed by atoms with Crippen LogP contribution in [0.4, 0.5) is 16.5 Å². The number of nitrogens with one attached hydrogen (secondary N) is 1. The van der Waals surface area contributed by atoms with E-state index >= 15 is 0 Å². The van der Waals surface area contributed by atoms with Gasteiger partial charge in [-0.1, -0.05) is 23.5 Å². The van der Waals surface area contributed by atoms with Gasteiger partial charge in [-0.3, -0.25) is 4.90 Å². The summed E-state index contributed by atoms with van der Waals surface area (Å²) in [5.74, 6) is 1.66. The van der Waals surface area contributed by atoms with Gasteiger partial charge in [0.05, 0.1) is 26.6 Å². The highest BCUT2D eigenvalue weighted by Gasteiger charge is 2.18. The molecule has 1 aliphatic rings. The quantitative estimate of drug-likeness (QED) is 0.549. The molecule has 2 heterocycles. The summed E-state index contributed by atoms with van der Waals surface area (Å²) in [6.45, 7) is 4.55. The molecule has 0 spiro atoms. The monoisotopic (exact) mass is 443 g/mol. The first-order valence-corrected chi connectivity index (χ1v) is 11.0. The van der Waals surface area contributed by atoms with E-state index in [0.29, 0.717) is 6.67 Å². The number of piperazine rings is 1. The molecule has 7 nitrogen and oxygen atoms in total. The predicted molar refractivity (Wildman–Crippen MR) is 124 cm³/mol. The Morgan fingerprint density at radius 3 is 2.43 bits per heavy atom. The van der Waals surface area contributed by atoms with Crippen LogP contribution in [-0.2, 0) is 6.67 Å². The minimum absolute atomic E-state index is 0.694. The van der Waals surface area contributed by atoms with E-state index in [1.807, 2.05) is 41.1 Å². The molecular formula is C21H25N5O2S2. The summed E-state index contributed by atoms with van der Waals surface area (Å²) in [5.41, 5.74) is 2.10. The number of nitrogens with zero attached hydrogens (tertiary/aromatic N) is 4. The number of hydrogen-bond donors (Lipinski definition) is 1. The van der Waals surface area contributed by atoms with E-state index < -0.39 is 0 Å². The lowest BCUT2D eigenvalue weighted by Crippen LogP contribution is -2.46. The third-order valence-electron chi connectivity index (χ3n) is 5.10. The topological polar surface area (TPSA) is 54.8 Å².